The van der Waals surface area contributed by atoms with Crippen LogP contribution in [0.3, 0.4) is 0 Å². The highest BCUT2D eigenvalue weighted by atomic mass is 32.2. The van der Waals surface area contributed by atoms with Gasteiger partial charge in [-0.05, 0) is 25.0 Å². The van der Waals surface area contributed by atoms with E-state index in [2.05, 4.69) is 30.7 Å². The number of hydrogen-bond donors (Lipinski definition) is 1. The summed E-state index contributed by atoms with van der Waals surface area (Å²) in [5.74, 6) is 1.11. The van der Waals surface area contributed by atoms with Gasteiger partial charge in [-0.3, -0.25) is 14.2 Å². The van der Waals surface area contributed by atoms with Crippen molar-refractivity contribution < 1.29 is 9.21 Å². The Bertz CT molecular complexity index is 1040. The van der Waals surface area contributed by atoms with Crippen molar-refractivity contribution in [2.75, 3.05) is 5.75 Å². The van der Waals surface area contributed by atoms with Crippen molar-refractivity contribution in [2.24, 2.45) is 5.92 Å². The topological polar surface area (TPSA) is 77.1 Å². The molecule has 8 heteroatoms. The number of nitrogens with zero attached hydrogens (tertiary/aromatic N) is 2. The van der Waals surface area contributed by atoms with Gasteiger partial charge >= 0.3 is 0 Å². The molecule has 0 aliphatic carbocycles. The summed E-state index contributed by atoms with van der Waals surface area (Å²) in [6.45, 7) is 10.2. The van der Waals surface area contributed by atoms with E-state index in [-0.39, 0.29) is 23.3 Å². The molecule has 0 unspecified atom stereocenters. The van der Waals surface area contributed by atoms with E-state index in [1.165, 1.54) is 23.1 Å². The molecule has 0 spiro atoms. The maximum Gasteiger partial charge on any atom is 0.263 e. The molecule has 0 aromatic carbocycles. The van der Waals surface area contributed by atoms with Crippen LogP contribution >= 0.6 is 23.1 Å². The van der Waals surface area contributed by atoms with Gasteiger partial charge in [0, 0.05) is 23.5 Å². The zero-order chi connectivity index (χ0) is 20.3. The summed E-state index contributed by atoms with van der Waals surface area (Å²) in [4.78, 5) is 30.7. The first kappa shape index (κ1) is 20.4. The molecule has 0 aliphatic rings. The van der Waals surface area contributed by atoms with Gasteiger partial charge in [-0.25, -0.2) is 4.98 Å². The van der Waals surface area contributed by atoms with Gasteiger partial charge in [-0.1, -0.05) is 31.7 Å². The van der Waals surface area contributed by atoms with Gasteiger partial charge in [0.2, 0.25) is 5.91 Å². The number of nitrogens with one attached hydrogen (secondary N) is 1. The van der Waals surface area contributed by atoms with Crippen LogP contribution in [0.1, 0.15) is 20.8 Å². The molecule has 0 fully saturated rings. The number of hydrogen-bond acceptors (Lipinski definition) is 6. The van der Waals surface area contributed by atoms with Crippen LogP contribution in [-0.4, -0.2) is 27.3 Å². The lowest BCUT2D eigenvalue weighted by Crippen LogP contribution is -2.37. The van der Waals surface area contributed by atoms with E-state index >= 15 is 0 Å². The second kappa shape index (κ2) is 8.79. The number of furan rings is 1. The molecule has 0 aliphatic heterocycles. The standard InChI is InChI=1S/C20H23N3O3S2/c1-5-8-23-19(25)17-14(15-7-6-9-26-15)10-27-18(17)22-20(23)28-11-16(24)21-13(4)12(2)3/h5-7,9-10,12-13H,1,8,11H2,2-4H3,(H,21,24)/t13-/m1/s1. The lowest BCUT2D eigenvalue weighted by Gasteiger charge is -2.17. The van der Waals surface area contributed by atoms with Gasteiger partial charge in [-0.15, -0.1) is 17.9 Å². The first-order valence-electron chi connectivity index (χ1n) is 9.01. The Balaban J connectivity index is 1.92. The van der Waals surface area contributed by atoms with E-state index < -0.39 is 0 Å². The molecule has 1 atom stereocenters. The van der Waals surface area contributed by atoms with E-state index in [1.807, 2.05) is 18.4 Å². The van der Waals surface area contributed by atoms with E-state index in [1.54, 1.807) is 23.0 Å². The van der Waals surface area contributed by atoms with Crippen molar-refractivity contribution in [3.63, 3.8) is 0 Å². The van der Waals surface area contributed by atoms with Crippen LogP contribution in [0.15, 0.2) is 50.8 Å². The van der Waals surface area contributed by atoms with Crippen molar-refractivity contribution in [1.29, 1.82) is 0 Å². The second-order valence-electron chi connectivity index (χ2n) is 6.79. The third-order valence-corrected chi connectivity index (χ3v) is 6.33. The number of thiophene rings is 1. The first-order valence-corrected chi connectivity index (χ1v) is 10.9. The molecular formula is C20H23N3O3S2. The summed E-state index contributed by atoms with van der Waals surface area (Å²) in [7, 11) is 0. The van der Waals surface area contributed by atoms with Gasteiger partial charge in [0.25, 0.3) is 5.56 Å². The van der Waals surface area contributed by atoms with Crippen molar-refractivity contribution in [3.8, 4) is 11.3 Å². The SMILES string of the molecule is C=CCn1c(SCC(=O)N[C@H](C)C(C)C)nc2scc(-c3ccco3)c2c1=O. The predicted molar refractivity (Wildman–Crippen MR) is 115 cm³/mol. The number of aromatic nitrogens is 2. The summed E-state index contributed by atoms with van der Waals surface area (Å²) in [6, 6.07) is 3.70. The van der Waals surface area contributed by atoms with Crippen LogP contribution in [0.25, 0.3) is 21.5 Å². The van der Waals surface area contributed by atoms with Gasteiger partial charge in [0.05, 0.1) is 17.4 Å². The first-order chi connectivity index (χ1) is 13.4. The third-order valence-electron chi connectivity index (χ3n) is 4.48. The molecular weight excluding hydrogens is 394 g/mol. The molecule has 28 heavy (non-hydrogen) atoms. The van der Waals surface area contributed by atoms with E-state index in [9.17, 15) is 9.59 Å². The van der Waals surface area contributed by atoms with E-state index in [0.717, 1.165) is 5.56 Å². The molecule has 0 saturated heterocycles. The van der Waals surface area contributed by atoms with Gasteiger partial charge in [-0.2, -0.15) is 0 Å². The quantitative estimate of drug-likeness (QED) is 0.338. The highest BCUT2D eigenvalue weighted by Crippen LogP contribution is 2.32. The Morgan fingerprint density at radius 1 is 1.46 bits per heavy atom. The summed E-state index contributed by atoms with van der Waals surface area (Å²) in [5, 5.41) is 5.89. The normalized spacial score (nSPS) is 12.4. The fourth-order valence-corrected chi connectivity index (χ4v) is 4.40. The molecule has 1 amide bonds. The second-order valence-corrected chi connectivity index (χ2v) is 8.60. The van der Waals surface area contributed by atoms with Gasteiger partial charge in [0.1, 0.15) is 10.6 Å². The molecule has 0 bridgehead atoms. The van der Waals surface area contributed by atoms with Gasteiger partial charge in [0.15, 0.2) is 5.16 Å². The highest BCUT2D eigenvalue weighted by Gasteiger charge is 2.19. The fraction of sp³-hybridized carbons (Fsp3) is 0.350. The fourth-order valence-electron chi connectivity index (χ4n) is 2.61. The van der Waals surface area contributed by atoms with Crippen LogP contribution in [0, 0.1) is 5.92 Å². The monoisotopic (exact) mass is 417 g/mol. The maximum atomic E-state index is 13.2. The highest BCUT2D eigenvalue weighted by molar-refractivity contribution is 7.99. The number of allylic oxidation sites excluding steroid dienone is 1. The van der Waals surface area contributed by atoms with Gasteiger partial charge < -0.3 is 9.73 Å². The minimum absolute atomic E-state index is 0.0758. The van der Waals surface area contributed by atoms with Crippen LogP contribution in [0.2, 0.25) is 0 Å². The molecule has 3 heterocycles. The van der Waals surface area contributed by atoms with Crippen molar-refractivity contribution in [3.05, 3.63) is 46.8 Å². The average Bonchev–Trinajstić information content (AvgIpc) is 3.31. The Kier molecular flexibility index (Phi) is 6.41. The molecule has 3 aromatic rings. The Hall–Kier alpha value is -2.32. The van der Waals surface area contributed by atoms with Crippen LogP contribution < -0.4 is 10.9 Å². The Morgan fingerprint density at radius 2 is 2.25 bits per heavy atom. The third kappa shape index (κ3) is 4.23. The zero-order valence-corrected chi connectivity index (χ0v) is 17.7. The summed E-state index contributed by atoms with van der Waals surface area (Å²) in [5.41, 5.74) is 0.580. The van der Waals surface area contributed by atoms with E-state index in [4.69, 9.17) is 4.42 Å². The minimum Gasteiger partial charge on any atom is -0.464 e. The zero-order valence-electron chi connectivity index (χ0n) is 16.1. The van der Waals surface area contributed by atoms with Crippen LogP contribution in [-0.2, 0) is 11.3 Å². The van der Waals surface area contributed by atoms with Crippen molar-refractivity contribution in [2.45, 2.75) is 38.5 Å². The number of amides is 1. The Labute approximate surface area is 171 Å². The van der Waals surface area contributed by atoms with Crippen LogP contribution in [0.4, 0.5) is 0 Å². The lowest BCUT2D eigenvalue weighted by molar-refractivity contribution is -0.119. The molecule has 0 radical (unpaired) electrons. The van der Waals surface area contributed by atoms with Crippen LogP contribution in [0.5, 0.6) is 0 Å². The molecule has 3 aromatic heterocycles. The summed E-state index contributed by atoms with van der Waals surface area (Å²) < 4.78 is 7.01. The number of thioether (sulfide) groups is 1. The lowest BCUT2D eigenvalue weighted by atomic mass is 10.1. The number of fused-ring (bicyclic) bond motifs is 1. The smallest absolute Gasteiger partial charge is 0.263 e. The predicted octanol–water partition coefficient (Wildman–Crippen LogP) is 4.16. The number of rotatable bonds is 8. The number of carbonyl (C=O) groups is 1. The van der Waals surface area contributed by atoms with Crippen molar-refractivity contribution >= 4 is 39.2 Å². The number of carbonyl (C=O) groups excluding carboxylic acids is 1. The van der Waals surface area contributed by atoms with E-state index in [0.29, 0.717) is 33.6 Å². The molecule has 3 rings (SSSR count). The maximum absolute atomic E-state index is 13.2. The molecule has 148 valence electrons. The molecule has 1 N–H and O–H groups in total. The average molecular weight is 418 g/mol. The largest absolute Gasteiger partial charge is 0.464 e. The summed E-state index contributed by atoms with van der Waals surface area (Å²) >= 11 is 2.65. The summed E-state index contributed by atoms with van der Waals surface area (Å²) in [6.07, 6.45) is 3.23. The van der Waals surface area contributed by atoms with Crippen molar-refractivity contribution in [1.82, 2.24) is 14.9 Å². The molecule has 6 nitrogen and oxygen atoms in total. The Morgan fingerprint density at radius 3 is 2.89 bits per heavy atom. The molecule has 0 saturated carbocycles. The minimum atomic E-state index is -0.156.